The van der Waals surface area contributed by atoms with E-state index in [2.05, 4.69) is 15.0 Å². The van der Waals surface area contributed by atoms with Crippen LogP contribution in [0.15, 0.2) is 12.1 Å². The van der Waals surface area contributed by atoms with Crippen molar-refractivity contribution in [3.05, 3.63) is 12.1 Å². The Morgan fingerprint density at radius 1 is 0.474 bits per heavy atom. The van der Waals surface area contributed by atoms with Crippen molar-refractivity contribution in [3.8, 4) is 0 Å². The molecule has 14 N–H and O–H groups in total. The van der Waals surface area contributed by atoms with E-state index in [0.717, 1.165) is 0 Å². The molecule has 19 heavy (non-hydrogen) atoms. The highest BCUT2D eigenvalue weighted by Gasteiger charge is 1.98. The normalized spacial score (nSPS) is 9.47. The highest BCUT2D eigenvalue weighted by atomic mass is 15.2. The molecule has 1 heterocycles. The number of nitrogens with two attached hydrogens (primary N) is 7. The van der Waals surface area contributed by atoms with Gasteiger partial charge in [-0.05, 0) is 12.1 Å². The van der Waals surface area contributed by atoms with E-state index in [1.165, 1.54) is 0 Å². The molecule has 0 aliphatic carbocycles. The molecule has 0 bridgehead atoms. The van der Waals surface area contributed by atoms with Gasteiger partial charge in [-0.25, -0.2) is 0 Å². The summed E-state index contributed by atoms with van der Waals surface area (Å²) < 4.78 is 0. The van der Waals surface area contributed by atoms with Gasteiger partial charge in [0.15, 0.2) is 0 Å². The topological polar surface area (TPSA) is 221 Å². The van der Waals surface area contributed by atoms with Crippen molar-refractivity contribution in [1.82, 2.24) is 15.0 Å². The Morgan fingerprint density at radius 2 is 0.684 bits per heavy atom. The van der Waals surface area contributed by atoms with Crippen molar-refractivity contribution in [2.24, 2.45) is 0 Å². The summed E-state index contributed by atoms with van der Waals surface area (Å²) in [6.45, 7) is 0. The van der Waals surface area contributed by atoms with Gasteiger partial charge in [-0.2, -0.15) is 15.0 Å². The first kappa shape index (κ1) is 13.9. The summed E-state index contributed by atoms with van der Waals surface area (Å²) >= 11 is 0. The second kappa shape index (κ2) is 5.44. The molecule has 10 heteroatoms. The van der Waals surface area contributed by atoms with Crippen LogP contribution in [0.25, 0.3) is 0 Å². The van der Waals surface area contributed by atoms with Crippen LogP contribution in [-0.2, 0) is 0 Å². The average Bonchev–Trinajstić information content (AvgIpc) is 2.25. The maximum absolute atomic E-state index is 5.43. The SMILES string of the molecule is Nc1cc(N)c(N)cc1N.Nc1nc(N)nc(N)n1. The fraction of sp³-hybridized carbons (Fsp3) is 0. The van der Waals surface area contributed by atoms with Gasteiger partial charge in [0.1, 0.15) is 0 Å². The molecule has 2 rings (SSSR count). The maximum Gasteiger partial charge on any atom is 0.226 e. The molecule has 0 saturated heterocycles. The fourth-order valence-electron chi connectivity index (χ4n) is 1.10. The summed E-state index contributed by atoms with van der Waals surface area (Å²) in [5.74, 6) is 0.125. The minimum absolute atomic E-state index is 0.0417. The van der Waals surface area contributed by atoms with Crippen molar-refractivity contribution in [2.45, 2.75) is 0 Å². The monoisotopic (exact) mass is 264 g/mol. The predicted molar refractivity (Wildman–Crippen MR) is 77.2 cm³/mol. The molecule has 2 aromatic rings. The molecular weight excluding hydrogens is 248 g/mol. The molecule has 0 aliphatic heterocycles. The Balaban J connectivity index is 0.000000191. The van der Waals surface area contributed by atoms with E-state index in [4.69, 9.17) is 40.1 Å². The second-order valence-corrected chi connectivity index (χ2v) is 3.52. The third-order valence-electron chi connectivity index (χ3n) is 1.98. The minimum Gasteiger partial charge on any atom is -0.397 e. The molecule has 0 saturated carbocycles. The molecule has 1 aromatic heterocycles. The zero-order valence-electron chi connectivity index (χ0n) is 10.0. The zero-order chi connectivity index (χ0) is 14.6. The molecule has 10 nitrogen and oxygen atoms in total. The Labute approximate surface area is 109 Å². The van der Waals surface area contributed by atoms with E-state index in [-0.39, 0.29) is 17.8 Å². The first-order valence-electron chi connectivity index (χ1n) is 5.02. The van der Waals surface area contributed by atoms with Crippen LogP contribution in [0.2, 0.25) is 0 Å². The molecule has 0 unspecified atom stereocenters. The number of nitrogens with zero attached hydrogens (tertiary/aromatic N) is 3. The Kier molecular flexibility index (Phi) is 3.98. The number of benzene rings is 1. The van der Waals surface area contributed by atoms with Gasteiger partial charge in [0, 0.05) is 0 Å². The van der Waals surface area contributed by atoms with Gasteiger partial charge in [0.2, 0.25) is 17.8 Å². The van der Waals surface area contributed by atoms with Gasteiger partial charge >= 0.3 is 0 Å². The van der Waals surface area contributed by atoms with Gasteiger partial charge in [-0.15, -0.1) is 0 Å². The summed E-state index contributed by atoms with van der Waals surface area (Å²) in [5.41, 5.74) is 39.0. The Hall–Kier alpha value is -3.17. The van der Waals surface area contributed by atoms with Gasteiger partial charge in [0.25, 0.3) is 0 Å². The van der Waals surface area contributed by atoms with Gasteiger partial charge < -0.3 is 40.1 Å². The van der Waals surface area contributed by atoms with E-state index >= 15 is 0 Å². The molecule has 1 aromatic carbocycles. The molecule has 0 fully saturated rings. The highest BCUT2D eigenvalue weighted by Crippen LogP contribution is 2.23. The van der Waals surface area contributed by atoms with Crippen LogP contribution in [0.5, 0.6) is 0 Å². The van der Waals surface area contributed by atoms with Crippen LogP contribution in [0.4, 0.5) is 40.6 Å². The first-order valence-corrected chi connectivity index (χ1v) is 5.02. The van der Waals surface area contributed by atoms with Gasteiger partial charge in [-0.1, -0.05) is 0 Å². The maximum atomic E-state index is 5.43. The smallest absolute Gasteiger partial charge is 0.226 e. The molecule has 0 atom stereocenters. The number of aromatic nitrogens is 3. The van der Waals surface area contributed by atoms with Gasteiger partial charge in [0.05, 0.1) is 22.7 Å². The summed E-state index contributed by atoms with van der Waals surface area (Å²) in [6, 6.07) is 3.09. The van der Waals surface area contributed by atoms with Crippen molar-refractivity contribution in [1.29, 1.82) is 0 Å². The van der Waals surface area contributed by atoms with Crippen LogP contribution in [0, 0.1) is 0 Å². The van der Waals surface area contributed by atoms with Gasteiger partial charge in [-0.3, -0.25) is 0 Å². The largest absolute Gasteiger partial charge is 0.397 e. The lowest BCUT2D eigenvalue weighted by atomic mass is 10.2. The molecule has 0 spiro atoms. The zero-order valence-corrected chi connectivity index (χ0v) is 10.0. The summed E-state index contributed by atoms with van der Waals surface area (Å²) in [4.78, 5) is 10.5. The predicted octanol–water partition coefficient (Wildman–Crippen LogP) is -1.37. The quantitative estimate of drug-likeness (QED) is 0.276. The molecule has 0 amide bonds. The lowest BCUT2D eigenvalue weighted by molar-refractivity contribution is 1.09. The van der Waals surface area contributed by atoms with E-state index in [1.54, 1.807) is 12.1 Å². The lowest BCUT2D eigenvalue weighted by Gasteiger charge is -2.03. The first-order chi connectivity index (χ1) is 8.79. The Bertz CT molecular complexity index is 481. The number of anilines is 7. The van der Waals surface area contributed by atoms with Crippen molar-refractivity contribution >= 4 is 40.6 Å². The molecule has 0 radical (unpaired) electrons. The van der Waals surface area contributed by atoms with E-state index in [9.17, 15) is 0 Å². The molecule has 102 valence electrons. The standard InChI is InChI=1S/C6H10N4.C3H6N6/c7-3-1-4(8)6(10)2-5(3)9;4-1-7-2(5)9-3(6)8-1/h1-2H,7-10H2;(H6,4,5,6,7,8,9). The van der Waals surface area contributed by atoms with Crippen molar-refractivity contribution in [3.63, 3.8) is 0 Å². The van der Waals surface area contributed by atoms with Crippen molar-refractivity contribution in [2.75, 3.05) is 40.1 Å². The van der Waals surface area contributed by atoms with E-state index in [0.29, 0.717) is 22.7 Å². The lowest BCUT2D eigenvalue weighted by Crippen LogP contribution is -2.05. The third-order valence-corrected chi connectivity index (χ3v) is 1.98. The molecular formula is C9H16N10. The van der Waals surface area contributed by atoms with Crippen LogP contribution >= 0.6 is 0 Å². The number of hydrogen-bond donors (Lipinski definition) is 7. The summed E-state index contributed by atoms with van der Waals surface area (Å²) in [5, 5.41) is 0. The van der Waals surface area contributed by atoms with Crippen LogP contribution in [0.1, 0.15) is 0 Å². The third kappa shape index (κ3) is 3.96. The highest BCUT2D eigenvalue weighted by molar-refractivity contribution is 5.78. The summed E-state index contributed by atoms with van der Waals surface area (Å²) in [7, 11) is 0. The number of hydrogen-bond acceptors (Lipinski definition) is 10. The van der Waals surface area contributed by atoms with Crippen LogP contribution in [0.3, 0.4) is 0 Å². The van der Waals surface area contributed by atoms with E-state index < -0.39 is 0 Å². The van der Waals surface area contributed by atoms with Crippen LogP contribution in [-0.4, -0.2) is 15.0 Å². The molecule has 0 aliphatic rings. The second-order valence-electron chi connectivity index (χ2n) is 3.52. The van der Waals surface area contributed by atoms with E-state index in [1.807, 2.05) is 0 Å². The number of nitrogen functional groups attached to an aromatic ring is 7. The minimum atomic E-state index is 0.0417. The van der Waals surface area contributed by atoms with Crippen LogP contribution < -0.4 is 40.1 Å². The summed E-state index contributed by atoms with van der Waals surface area (Å²) in [6.07, 6.45) is 0. The number of rotatable bonds is 0. The van der Waals surface area contributed by atoms with Crippen molar-refractivity contribution < 1.29 is 0 Å². The fourth-order valence-corrected chi connectivity index (χ4v) is 1.10. The average molecular weight is 264 g/mol. The Morgan fingerprint density at radius 3 is 0.895 bits per heavy atom.